The van der Waals surface area contributed by atoms with Crippen molar-refractivity contribution in [3.63, 3.8) is 0 Å². The number of para-hydroxylation sites is 1. The van der Waals surface area contributed by atoms with E-state index < -0.39 is 5.97 Å². The summed E-state index contributed by atoms with van der Waals surface area (Å²) in [6.45, 7) is 0. The normalized spacial score (nSPS) is 10.5. The molecular formula is C11H11NO3. The van der Waals surface area contributed by atoms with E-state index in [0.717, 1.165) is 0 Å². The molecular weight excluding hydrogens is 194 g/mol. The lowest BCUT2D eigenvalue weighted by Gasteiger charge is -1.98. The molecule has 0 aliphatic rings. The average Bonchev–Trinajstić information content (AvgIpc) is 2.56. The molecule has 0 fully saturated rings. The highest BCUT2D eigenvalue weighted by Gasteiger charge is 2.15. The van der Waals surface area contributed by atoms with Crippen LogP contribution in [0.2, 0.25) is 0 Å². The molecule has 1 aromatic heterocycles. The van der Waals surface area contributed by atoms with E-state index in [-0.39, 0.29) is 5.75 Å². The lowest BCUT2D eigenvalue weighted by Crippen LogP contribution is -1.99. The van der Waals surface area contributed by atoms with Gasteiger partial charge in [0.15, 0.2) is 0 Å². The van der Waals surface area contributed by atoms with Crippen LogP contribution in [-0.4, -0.2) is 22.8 Å². The fourth-order valence-corrected chi connectivity index (χ4v) is 1.72. The lowest BCUT2D eigenvalue weighted by atomic mass is 10.1. The summed E-state index contributed by atoms with van der Waals surface area (Å²) < 4.78 is 6.37. The third kappa shape index (κ3) is 1.34. The van der Waals surface area contributed by atoms with Crippen LogP contribution in [0.15, 0.2) is 24.4 Å². The number of carbonyl (C=O) groups excluding carboxylic acids is 1. The SMILES string of the molecule is COC(=O)c1cn(C)c2c(O)cccc12. The molecule has 0 radical (unpaired) electrons. The van der Waals surface area contributed by atoms with Gasteiger partial charge < -0.3 is 14.4 Å². The number of methoxy groups -OCH3 is 1. The smallest absolute Gasteiger partial charge is 0.340 e. The van der Waals surface area contributed by atoms with Crippen molar-refractivity contribution < 1.29 is 14.6 Å². The van der Waals surface area contributed by atoms with Gasteiger partial charge in [-0.2, -0.15) is 0 Å². The molecule has 4 heteroatoms. The number of aryl methyl sites for hydroxylation is 1. The van der Waals surface area contributed by atoms with Crippen LogP contribution >= 0.6 is 0 Å². The first-order chi connectivity index (χ1) is 7.15. The van der Waals surface area contributed by atoms with Gasteiger partial charge in [0, 0.05) is 18.6 Å². The molecule has 0 atom stereocenters. The minimum absolute atomic E-state index is 0.158. The number of phenolic OH excluding ortho intramolecular Hbond substituents is 1. The van der Waals surface area contributed by atoms with Crippen molar-refractivity contribution >= 4 is 16.9 Å². The summed E-state index contributed by atoms with van der Waals surface area (Å²) in [7, 11) is 3.11. The summed E-state index contributed by atoms with van der Waals surface area (Å²) in [6.07, 6.45) is 1.65. The molecule has 15 heavy (non-hydrogen) atoms. The molecule has 1 aromatic carbocycles. The first kappa shape index (κ1) is 9.58. The fraction of sp³-hybridized carbons (Fsp3) is 0.182. The Labute approximate surface area is 86.7 Å². The zero-order chi connectivity index (χ0) is 11.0. The van der Waals surface area contributed by atoms with Crippen molar-refractivity contribution in [1.82, 2.24) is 4.57 Å². The fourth-order valence-electron chi connectivity index (χ4n) is 1.72. The number of hydrogen-bond donors (Lipinski definition) is 1. The van der Waals surface area contributed by atoms with E-state index in [1.165, 1.54) is 7.11 Å². The number of hydrogen-bond acceptors (Lipinski definition) is 3. The molecule has 0 amide bonds. The maximum Gasteiger partial charge on any atom is 0.340 e. The number of fused-ring (bicyclic) bond motifs is 1. The van der Waals surface area contributed by atoms with E-state index in [4.69, 9.17) is 0 Å². The predicted molar refractivity (Wildman–Crippen MR) is 55.9 cm³/mol. The van der Waals surface area contributed by atoms with Crippen LogP contribution in [0, 0.1) is 0 Å². The van der Waals surface area contributed by atoms with Crippen LogP contribution in [0.4, 0.5) is 0 Å². The first-order valence-electron chi connectivity index (χ1n) is 4.50. The van der Waals surface area contributed by atoms with E-state index in [0.29, 0.717) is 16.5 Å². The molecule has 2 rings (SSSR count). The van der Waals surface area contributed by atoms with Crippen LogP contribution in [0.1, 0.15) is 10.4 Å². The molecule has 0 bridgehead atoms. The maximum absolute atomic E-state index is 11.4. The lowest BCUT2D eigenvalue weighted by molar-refractivity contribution is 0.0603. The molecule has 0 saturated carbocycles. The Bertz CT molecular complexity index is 528. The van der Waals surface area contributed by atoms with Gasteiger partial charge in [-0.15, -0.1) is 0 Å². The monoisotopic (exact) mass is 205 g/mol. The second kappa shape index (κ2) is 3.31. The largest absolute Gasteiger partial charge is 0.506 e. The Kier molecular flexibility index (Phi) is 2.11. The number of rotatable bonds is 1. The molecule has 0 unspecified atom stereocenters. The number of phenols is 1. The summed E-state index contributed by atoms with van der Waals surface area (Å²) >= 11 is 0. The van der Waals surface area contributed by atoms with E-state index in [9.17, 15) is 9.90 Å². The molecule has 1 N–H and O–H groups in total. The molecule has 4 nitrogen and oxygen atoms in total. The summed E-state index contributed by atoms with van der Waals surface area (Å²) in [4.78, 5) is 11.4. The van der Waals surface area contributed by atoms with Crippen molar-refractivity contribution in [3.8, 4) is 5.75 Å². The molecule has 1 heterocycles. The number of benzene rings is 1. The second-order valence-corrected chi connectivity index (χ2v) is 3.32. The van der Waals surface area contributed by atoms with Crippen molar-refractivity contribution in [3.05, 3.63) is 30.0 Å². The van der Waals surface area contributed by atoms with Crippen LogP contribution in [0.3, 0.4) is 0 Å². The third-order valence-electron chi connectivity index (χ3n) is 2.39. The summed E-state index contributed by atoms with van der Waals surface area (Å²) in [5, 5.41) is 10.3. The van der Waals surface area contributed by atoms with Gasteiger partial charge in [-0.05, 0) is 6.07 Å². The van der Waals surface area contributed by atoms with Gasteiger partial charge in [0.05, 0.1) is 18.2 Å². The maximum atomic E-state index is 11.4. The van der Waals surface area contributed by atoms with Gasteiger partial charge in [0.1, 0.15) is 5.75 Å². The summed E-state index contributed by atoms with van der Waals surface area (Å²) in [6, 6.07) is 5.06. The summed E-state index contributed by atoms with van der Waals surface area (Å²) in [5.74, 6) is -0.239. The Morgan fingerprint density at radius 2 is 2.20 bits per heavy atom. The van der Waals surface area contributed by atoms with Crippen molar-refractivity contribution in [1.29, 1.82) is 0 Å². The van der Waals surface area contributed by atoms with Crippen molar-refractivity contribution in [2.45, 2.75) is 0 Å². The Hall–Kier alpha value is -1.97. The molecule has 0 aliphatic heterocycles. The highest BCUT2D eigenvalue weighted by molar-refractivity contribution is 6.05. The van der Waals surface area contributed by atoms with Gasteiger partial charge in [-0.1, -0.05) is 12.1 Å². The molecule has 78 valence electrons. The van der Waals surface area contributed by atoms with Crippen LogP contribution in [0.5, 0.6) is 5.75 Å². The van der Waals surface area contributed by atoms with Gasteiger partial charge in [-0.25, -0.2) is 4.79 Å². The van der Waals surface area contributed by atoms with Crippen LogP contribution < -0.4 is 0 Å². The highest BCUT2D eigenvalue weighted by atomic mass is 16.5. The molecule has 0 aliphatic carbocycles. The van der Waals surface area contributed by atoms with Crippen molar-refractivity contribution in [2.75, 3.05) is 7.11 Å². The van der Waals surface area contributed by atoms with Crippen LogP contribution in [0.25, 0.3) is 10.9 Å². The van der Waals surface area contributed by atoms with E-state index in [2.05, 4.69) is 4.74 Å². The van der Waals surface area contributed by atoms with E-state index >= 15 is 0 Å². The number of aromatic hydroxyl groups is 1. The highest BCUT2D eigenvalue weighted by Crippen LogP contribution is 2.28. The topological polar surface area (TPSA) is 51.5 Å². The second-order valence-electron chi connectivity index (χ2n) is 3.32. The molecule has 0 saturated heterocycles. The van der Waals surface area contributed by atoms with E-state index in [1.54, 1.807) is 36.0 Å². The number of esters is 1. The number of carbonyl (C=O) groups is 1. The Morgan fingerprint density at radius 1 is 1.47 bits per heavy atom. The number of aromatic nitrogens is 1. The quantitative estimate of drug-likeness (QED) is 0.720. The van der Waals surface area contributed by atoms with Gasteiger partial charge in [0.2, 0.25) is 0 Å². The average molecular weight is 205 g/mol. The van der Waals surface area contributed by atoms with Crippen molar-refractivity contribution in [2.24, 2.45) is 7.05 Å². The number of nitrogens with zero attached hydrogens (tertiary/aromatic N) is 1. The molecule has 2 aromatic rings. The predicted octanol–water partition coefficient (Wildman–Crippen LogP) is 1.67. The number of ether oxygens (including phenoxy) is 1. The minimum Gasteiger partial charge on any atom is -0.506 e. The first-order valence-corrected chi connectivity index (χ1v) is 4.50. The van der Waals surface area contributed by atoms with Gasteiger partial charge >= 0.3 is 5.97 Å². The van der Waals surface area contributed by atoms with E-state index in [1.807, 2.05) is 0 Å². The van der Waals surface area contributed by atoms with Gasteiger partial charge in [-0.3, -0.25) is 0 Å². The zero-order valence-electron chi connectivity index (χ0n) is 8.52. The zero-order valence-corrected chi connectivity index (χ0v) is 8.52. The third-order valence-corrected chi connectivity index (χ3v) is 2.39. The Morgan fingerprint density at radius 3 is 2.87 bits per heavy atom. The standard InChI is InChI=1S/C11H11NO3/c1-12-6-8(11(14)15-2)7-4-3-5-9(13)10(7)12/h3-6,13H,1-2H3. The molecule has 0 spiro atoms. The van der Waals surface area contributed by atoms with Crippen LogP contribution in [-0.2, 0) is 11.8 Å². The van der Waals surface area contributed by atoms with Gasteiger partial charge in [0.25, 0.3) is 0 Å². The Balaban J connectivity index is 2.79. The minimum atomic E-state index is -0.397. The summed E-state index contributed by atoms with van der Waals surface area (Å²) in [5.41, 5.74) is 1.10.